The zero-order valence-electron chi connectivity index (χ0n) is 12.4. The number of hydrogen-bond donors (Lipinski definition) is 1. The van der Waals surface area contributed by atoms with Crippen molar-refractivity contribution in [3.05, 3.63) is 90.0 Å². The first-order valence-corrected chi connectivity index (χ1v) is 7.27. The Balaban J connectivity index is 1.94. The zero-order chi connectivity index (χ0) is 15.4. The highest BCUT2D eigenvalue weighted by molar-refractivity contribution is 6.07. The largest absolute Gasteiger partial charge is 0.321 e. The van der Waals surface area contributed by atoms with E-state index in [0.717, 1.165) is 22.4 Å². The monoisotopic (exact) mass is 287 g/mol. The van der Waals surface area contributed by atoms with E-state index in [1.54, 1.807) is 0 Å². The van der Waals surface area contributed by atoms with Crippen LogP contribution < -0.4 is 5.32 Å². The van der Waals surface area contributed by atoms with Crippen molar-refractivity contribution < 1.29 is 4.79 Å². The molecule has 2 nitrogen and oxygen atoms in total. The number of rotatable bonds is 3. The van der Waals surface area contributed by atoms with Crippen LogP contribution in [-0.4, -0.2) is 5.91 Å². The lowest BCUT2D eigenvalue weighted by Gasteiger charge is -2.12. The van der Waals surface area contributed by atoms with Gasteiger partial charge in [-0.05, 0) is 30.2 Å². The highest BCUT2D eigenvalue weighted by atomic mass is 16.1. The molecule has 0 radical (unpaired) electrons. The second-order valence-electron chi connectivity index (χ2n) is 5.18. The summed E-state index contributed by atoms with van der Waals surface area (Å²) in [4.78, 5) is 12.5. The molecule has 0 aromatic heterocycles. The Labute approximate surface area is 130 Å². The van der Waals surface area contributed by atoms with Gasteiger partial charge in [0.25, 0.3) is 5.91 Å². The van der Waals surface area contributed by atoms with Gasteiger partial charge in [0.1, 0.15) is 0 Å². The van der Waals surface area contributed by atoms with Crippen LogP contribution in [0.1, 0.15) is 15.9 Å². The number of carbonyl (C=O) groups excluding carboxylic acids is 1. The summed E-state index contributed by atoms with van der Waals surface area (Å²) in [7, 11) is 0. The second-order valence-corrected chi connectivity index (χ2v) is 5.18. The molecule has 0 aliphatic rings. The molecule has 3 rings (SSSR count). The van der Waals surface area contributed by atoms with Gasteiger partial charge in [-0.25, -0.2) is 0 Å². The molecule has 2 heteroatoms. The van der Waals surface area contributed by atoms with Gasteiger partial charge in [0.15, 0.2) is 0 Å². The van der Waals surface area contributed by atoms with Gasteiger partial charge in [0.05, 0.1) is 0 Å². The fraction of sp³-hybridized carbons (Fsp3) is 0.0500. The van der Waals surface area contributed by atoms with Gasteiger partial charge < -0.3 is 5.32 Å². The first-order chi connectivity index (χ1) is 10.8. The maximum absolute atomic E-state index is 12.5. The van der Waals surface area contributed by atoms with E-state index in [4.69, 9.17) is 0 Å². The molecule has 1 N–H and O–H groups in total. The molecule has 0 unspecified atom stereocenters. The molecule has 0 spiro atoms. The number of hydrogen-bond acceptors (Lipinski definition) is 1. The number of aryl methyl sites for hydroxylation is 1. The van der Waals surface area contributed by atoms with Crippen LogP contribution in [0.2, 0.25) is 0 Å². The number of para-hydroxylation sites is 1. The molecule has 0 aliphatic heterocycles. The second kappa shape index (κ2) is 6.27. The van der Waals surface area contributed by atoms with Crippen LogP contribution in [-0.2, 0) is 0 Å². The van der Waals surface area contributed by atoms with Crippen LogP contribution in [0, 0.1) is 6.92 Å². The minimum absolute atomic E-state index is 0.0820. The zero-order valence-corrected chi connectivity index (χ0v) is 12.4. The summed E-state index contributed by atoms with van der Waals surface area (Å²) in [5, 5.41) is 3.03. The molecule has 0 atom stereocenters. The lowest BCUT2D eigenvalue weighted by Crippen LogP contribution is -2.13. The molecule has 3 aromatic carbocycles. The van der Waals surface area contributed by atoms with Crippen molar-refractivity contribution in [3.8, 4) is 11.1 Å². The summed E-state index contributed by atoms with van der Waals surface area (Å²) in [6, 6.07) is 25.5. The van der Waals surface area contributed by atoms with Gasteiger partial charge in [0.2, 0.25) is 0 Å². The quantitative estimate of drug-likeness (QED) is 0.728. The first-order valence-electron chi connectivity index (χ1n) is 7.27. The van der Waals surface area contributed by atoms with Crippen molar-refractivity contribution in [2.45, 2.75) is 6.92 Å². The number of anilines is 1. The molecule has 0 bridgehead atoms. The fourth-order valence-electron chi connectivity index (χ4n) is 2.48. The van der Waals surface area contributed by atoms with Crippen LogP contribution in [0.3, 0.4) is 0 Å². The summed E-state index contributed by atoms with van der Waals surface area (Å²) in [5.74, 6) is -0.0820. The van der Waals surface area contributed by atoms with Crippen molar-refractivity contribution in [2.75, 3.05) is 5.32 Å². The highest BCUT2D eigenvalue weighted by Crippen LogP contribution is 2.28. The molecular formula is C20H17NO. The van der Waals surface area contributed by atoms with E-state index in [2.05, 4.69) is 5.32 Å². The van der Waals surface area contributed by atoms with Gasteiger partial charge in [-0.1, -0.05) is 66.7 Å². The number of benzene rings is 3. The predicted molar refractivity (Wildman–Crippen MR) is 91.0 cm³/mol. The summed E-state index contributed by atoms with van der Waals surface area (Å²) >= 11 is 0. The van der Waals surface area contributed by atoms with E-state index >= 15 is 0 Å². The third-order valence-corrected chi connectivity index (χ3v) is 3.65. The number of amides is 1. The van der Waals surface area contributed by atoms with E-state index < -0.39 is 0 Å². The number of nitrogens with one attached hydrogen (secondary N) is 1. The Morgan fingerprint density at radius 3 is 2.18 bits per heavy atom. The van der Waals surface area contributed by atoms with Crippen LogP contribution in [0.25, 0.3) is 11.1 Å². The highest BCUT2D eigenvalue weighted by Gasteiger charge is 2.11. The third kappa shape index (κ3) is 2.91. The van der Waals surface area contributed by atoms with Gasteiger partial charge in [0, 0.05) is 16.8 Å². The Kier molecular flexibility index (Phi) is 4.01. The summed E-state index contributed by atoms with van der Waals surface area (Å²) in [6.45, 7) is 1.94. The first kappa shape index (κ1) is 14.1. The smallest absolute Gasteiger partial charge is 0.255 e. The lowest BCUT2D eigenvalue weighted by atomic mass is 10.0. The van der Waals surface area contributed by atoms with Crippen molar-refractivity contribution >= 4 is 11.6 Å². The van der Waals surface area contributed by atoms with Crippen molar-refractivity contribution in [1.29, 1.82) is 0 Å². The van der Waals surface area contributed by atoms with E-state index in [0.29, 0.717) is 5.56 Å². The molecule has 22 heavy (non-hydrogen) atoms. The van der Waals surface area contributed by atoms with E-state index in [1.165, 1.54) is 0 Å². The van der Waals surface area contributed by atoms with Crippen molar-refractivity contribution in [2.24, 2.45) is 0 Å². The van der Waals surface area contributed by atoms with Gasteiger partial charge >= 0.3 is 0 Å². The average Bonchev–Trinajstić information content (AvgIpc) is 2.56. The molecule has 3 aromatic rings. The van der Waals surface area contributed by atoms with Gasteiger partial charge in [-0.15, -0.1) is 0 Å². The van der Waals surface area contributed by atoms with E-state index in [-0.39, 0.29) is 5.91 Å². The topological polar surface area (TPSA) is 29.1 Å². The Morgan fingerprint density at radius 2 is 1.41 bits per heavy atom. The summed E-state index contributed by atoms with van der Waals surface area (Å²) in [5.41, 5.74) is 4.60. The van der Waals surface area contributed by atoms with Crippen LogP contribution >= 0.6 is 0 Å². The molecule has 0 saturated heterocycles. The SMILES string of the molecule is Cc1ccccc1C(=O)Nc1ccccc1-c1ccccc1. The molecule has 0 saturated carbocycles. The van der Waals surface area contributed by atoms with Crippen molar-refractivity contribution in [1.82, 2.24) is 0 Å². The Hall–Kier alpha value is -2.87. The van der Waals surface area contributed by atoms with E-state index in [9.17, 15) is 4.79 Å². The van der Waals surface area contributed by atoms with Gasteiger partial charge in [-0.2, -0.15) is 0 Å². The molecule has 1 amide bonds. The minimum Gasteiger partial charge on any atom is -0.321 e. The van der Waals surface area contributed by atoms with Crippen LogP contribution in [0.15, 0.2) is 78.9 Å². The number of carbonyl (C=O) groups is 1. The average molecular weight is 287 g/mol. The third-order valence-electron chi connectivity index (χ3n) is 3.65. The molecule has 108 valence electrons. The molecule has 0 heterocycles. The Bertz CT molecular complexity index is 794. The Morgan fingerprint density at radius 1 is 0.773 bits per heavy atom. The normalized spacial score (nSPS) is 10.2. The van der Waals surface area contributed by atoms with Gasteiger partial charge in [-0.3, -0.25) is 4.79 Å². The minimum atomic E-state index is -0.0820. The summed E-state index contributed by atoms with van der Waals surface area (Å²) in [6.07, 6.45) is 0. The maximum Gasteiger partial charge on any atom is 0.255 e. The van der Waals surface area contributed by atoms with Crippen LogP contribution in [0.5, 0.6) is 0 Å². The van der Waals surface area contributed by atoms with Crippen LogP contribution in [0.4, 0.5) is 5.69 Å². The maximum atomic E-state index is 12.5. The predicted octanol–water partition coefficient (Wildman–Crippen LogP) is 4.91. The van der Waals surface area contributed by atoms with E-state index in [1.807, 2.05) is 85.8 Å². The summed E-state index contributed by atoms with van der Waals surface area (Å²) < 4.78 is 0. The molecule has 0 aliphatic carbocycles. The molecule has 0 fully saturated rings. The van der Waals surface area contributed by atoms with Crippen molar-refractivity contribution in [3.63, 3.8) is 0 Å². The lowest BCUT2D eigenvalue weighted by molar-refractivity contribution is 0.102. The standard InChI is InChI=1S/C20H17NO/c1-15-9-5-6-12-17(15)20(22)21-19-14-8-7-13-18(19)16-10-3-2-4-11-16/h2-14H,1H3,(H,21,22). The fourth-order valence-corrected chi connectivity index (χ4v) is 2.48. The molecular weight excluding hydrogens is 270 g/mol.